The molecule has 1 unspecified atom stereocenters. The van der Waals surface area contributed by atoms with Gasteiger partial charge in [0.05, 0.1) is 12.7 Å². The van der Waals surface area contributed by atoms with Gasteiger partial charge >= 0.3 is 0 Å². The molecule has 1 saturated carbocycles. The van der Waals surface area contributed by atoms with E-state index in [1.807, 2.05) is 12.1 Å². The first-order valence-corrected chi connectivity index (χ1v) is 8.47. The molecule has 2 aliphatic rings. The van der Waals surface area contributed by atoms with Gasteiger partial charge in [-0.05, 0) is 43.2 Å². The van der Waals surface area contributed by atoms with Crippen molar-refractivity contribution in [3.63, 3.8) is 0 Å². The number of nitrogens with one attached hydrogen (secondary N) is 2. The third-order valence-electron chi connectivity index (χ3n) is 4.17. The van der Waals surface area contributed by atoms with Gasteiger partial charge in [-0.1, -0.05) is 0 Å². The van der Waals surface area contributed by atoms with E-state index in [9.17, 15) is 0 Å². The number of aliphatic imine (C=N–C) groups is 1. The molecule has 1 aromatic heterocycles. The average Bonchev–Trinajstić information content (AvgIpc) is 3.27. The van der Waals surface area contributed by atoms with Gasteiger partial charge in [-0.3, -0.25) is 4.99 Å². The van der Waals surface area contributed by atoms with Gasteiger partial charge in [-0.25, -0.2) is 4.98 Å². The topological polar surface area (TPSA) is 67.8 Å². The molecule has 1 aliphatic heterocycles. The molecule has 0 amide bonds. The van der Waals surface area contributed by atoms with Crippen LogP contribution in [0.4, 0.5) is 0 Å². The SMILES string of the molecule is CN=C(NCc1ccnc(OCC2CC2)c1)NCC1CCCO1. The Morgan fingerprint density at radius 1 is 1.39 bits per heavy atom. The lowest BCUT2D eigenvalue weighted by Gasteiger charge is -2.15. The molecule has 1 aliphatic carbocycles. The Morgan fingerprint density at radius 2 is 2.30 bits per heavy atom. The minimum Gasteiger partial charge on any atom is -0.477 e. The van der Waals surface area contributed by atoms with Crippen molar-refractivity contribution in [2.75, 3.05) is 26.8 Å². The summed E-state index contributed by atoms with van der Waals surface area (Å²) >= 11 is 0. The van der Waals surface area contributed by atoms with Crippen LogP contribution in [-0.4, -0.2) is 43.9 Å². The van der Waals surface area contributed by atoms with Gasteiger partial charge < -0.3 is 20.1 Å². The van der Waals surface area contributed by atoms with Crippen LogP contribution in [-0.2, 0) is 11.3 Å². The summed E-state index contributed by atoms with van der Waals surface area (Å²) in [6, 6.07) is 3.98. The monoisotopic (exact) mass is 318 g/mol. The molecule has 0 radical (unpaired) electrons. The molecule has 1 aromatic rings. The Hall–Kier alpha value is -1.82. The Balaban J connectivity index is 1.42. The van der Waals surface area contributed by atoms with E-state index < -0.39 is 0 Å². The molecule has 126 valence electrons. The third-order valence-corrected chi connectivity index (χ3v) is 4.17. The Kier molecular flexibility index (Phi) is 5.69. The molecule has 6 heteroatoms. The fourth-order valence-corrected chi connectivity index (χ4v) is 2.55. The number of guanidine groups is 1. The summed E-state index contributed by atoms with van der Waals surface area (Å²) in [6.07, 6.45) is 6.94. The number of ether oxygens (including phenoxy) is 2. The van der Waals surface area contributed by atoms with Crippen molar-refractivity contribution in [2.24, 2.45) is 10.9 Å². The smallest absolute Gasteiger partial charge is 0.213 e. The zero-order chi connectivity index (χ0) is 15.9. The Bertz CT molecular complexity index is 525. The van der Waals surface area contributed by atoms with E-state index in [1.165, 1.54) is 12.8 Å². The lowest BCUT2D eigenvalue weighted by Crippen LogP contribution is -2.40. The fourth-order valence-electron chi connectivity index (χ4n) is 2.55. The normalized spacial score (nSPS) is 21.3. The van der Waals surface area contributed by atoms with Gasteiger partial charge in [0.15, 0.2) is 5.96 Å². The molecular formula is C17H26N4O2. The quantitative estimate of drug-likeness (QED) is 0.592. The number of pyridine rings is 1. The van der Waals surface area contributed by atoms with Gasteiger partial charge in [0.1, 0.15) is 0 Å². The van der Waals surface area contributed by atoms with Crippen LogP contribution in [0.5, 0.6) is 5.88 Å². The molecule has 0 aromatic carbocycles. The van der Waals surface area contributed by atoms with E-state index in [-0.39, 0.29) is 0 Å². The van der Waals surface area contributed by atoms with Crippen molar-refractivity contribution >= 4 is 5.96 Å². The van der Waals surface area contributed by atoms with Crippen molar-refractivity contribution in [2.45, 2.75) is 38.3 Å². The lowest BCUT2D eigenvalue weighted by molar-refractivity contribution is 0.114. The molecule has 6 nitrogen and oxygen atoms in total. The number of hydrogen-bond donors (Lipinski definition) is 2. The van der Waals surface area contributed by atoms with Crippen LogP contribution >= 0.6 is 0 Å². The van der Waals surface area contributed by atoms with E-state index in [4.69, 9.17) is 9.47 Å². The summed E-state index contributed by atoms with van der Waals surface area (Å²) in [5.74, 6) is 2.23. The second kappa shape index (κ2) is 8.15. The van der Waals surface area contributed by atoms with Crippen LogP contribution in [0.3, 0.4) is 0 Å². The lowest BCUT2D eigenvalue weighted by atomic mass is 10.2. The molecule has 1 atom stereocenters. The van der Waals surface area contributed by atoms with Crippen LogP contribution in [0.25, 0.3) is 0 Å². The zero-order valence-electron chi connectivity index (χ0n) is 13.8. The largest absolute Gasteiger partial charge is 0.477 e. The van der Waals surface area contributed by atoms with Gasteiger partial charge in [0, 0.05) is 39.0 Å². The summed E-state index contributed by atoms with van der Waals surface area (Å²) in [5.41, 5.74) is 1.13. The summed E-state index contributed by atoms with van der Waals surface area (Å²) in [5, 5.41) is 6.63. The molecule has 0 bridgehead atoms. The van der Waals surface area contributed by atoms with E-state index in [0.29, 0.717) is 18.5 Å². The average molecular weight is 318 g/mol. The summed E-state index contributed by atoms with van der Waals surface area (Å²) in [4.78, 5) is 8.51. The fraction of sp³-hybridized carbons (Fsp3) is 0.647. The molecule has 23 heavy (non-hydrogen) atoms. The number of aromatic nitrogens is 1. The minimum atomic E-state index is 0.303. The minimum absolute atomic E-state index is 0.303. The van der Waals surface area contributed by atoms with Gasteiger partial charge in [0.25, 0.3) is 0 Å². The first kappa shape index (κ1) is 16.1. The summed E-state index contributed by atoms with van der Waals surface area (Å²) < 4.78 is 11.3. The molecule has 2 fully saturated rings. The maximum absolute atomic E-state index is 5.72. The van der Waals surface area contributed by atoms with E-state index >= 15 is 0 Å². The first-order chi connectivity index (χ1) is 11.3. The zero-order valence-corrected chi connectivity index (χ0v) is 13.8. The number of hydrogen-bond acceptors (Lipinski definition) is 4. The van der Waals surface area contributed by atoms with Crippen LogP contribution < -0.4 is 15.4 Å². The maximum atomic E-state index is 5.72. The van der Waals surface area contributed by atoms with Crippen LogP contribution in [0, 0.1) is 5.92 Å². The predicted molar refractivity (Wildman–Crippen MR) is 89.6 cm³/mol. The molecule has 2 heterocycles. The van der Waals surface area contributed by atoms with Crippen molar-refractivity contribution in [3.8, 4) is 5.88 Å². The molecule has 0 spiro atoms. The van der Waals surface area contributed by atoms with Crippen LogP contribution in [0.1, 0.15) is 31.2 Å². The van der Waals surface area contributed by atoms with Gasteiger partial charge in [-0.15, -0.1) is 0 Å². The highest BCUT2D eigenvalue weighted by atomic mass is 16.5. The summed E-state index contributed by atoms with van der Waals surface area (Å²) in [7, 11) is 1.78. The van der Waals surface area contributed by atoms with Crippen LogP contribution in [0.2, 0.25) is 0 Å². The van der Waals surface area contributed by atoms with E-state index in [0.717, 1.165) is 50.0 Å². The van der Waals surface area contributed by atoms with Crippen molar-refractivity contribution in [1.82, 2.24) is 15.6 Å². The third kappa shape index (κ3) is 5.39. The first-order valence-electron chi connectivity index (χ1n) is 8.47. The van der Waals surface area contributed by atoms with E-state index in [2.05, 4.69) is 20.6 Å². The van der Waals surface area contributed by atoms with Crippen molar-refractivity contribution in [3.05, 3.63) is 23.9 Å². The van der Waals surface area contributed by atoms with Crippen LogP contribution in [0.15, 0.2) is 23.3 Å². The summed E-state index contributed by atoms with van der Waals surface area (Å²) in [6.45, 7) is 3.15. The Morgan fingerprint density at radius 3 is 3.04 bits per heavy atom. The highest BCUT2D eigenvalue weighted by Gasteiger charge is 2.22. The molecule has 3 rings (SSSR count). The standard InChI is InChI=1S/C17H26N4O2/c1-18-17(21-11-15-3-2-8-22-15)20-10-14-6-7-19-16(9-14)23-12-13-4-5-13/h6-7,9,13,15H,2-5,8,10-12H2,1H3,(H2,18,20,21). The number of rotatable bonds is 7. The molecule has 2 N–H and O–H groups in total. The maximum Gasteiger partial charge on any atom is 0.213 e. The van der Waals surface area contributed by atoms with Crippen molar-refractivity contribution < 1.29 is 9.47 Å². The number of nitrogens with zero attached hydrogens (tertiary/aromatic N) is 2. The van der Waals surface area contributed by atoms with E-state index in [1.54, 1.807) is 13.2 Å². The second-order valence-corrected chi connectivity index (χ2v) is 6.20. The highest BCUT2D eigenvalue weighted by Crippen LogP contribution is 2.29. The predicted octanol–water partition coefficient (Wildman–Crippen LogP) is 1.71. The molecule has 1 saturated heterocycles. The van der Waals surface area contributed by atoms with Gasteiger partial charge in [0.2, 0.25) is 5.88 Å². The van der Waals surface area contributed by atoms with Crippen molar-refractivity contribution in [1.29, 1.82) is 0 Å². The molecular weight excluding hydrogens is 292 g/mol. The second-order valence-electron chi connectivity index (χ2n) is 6.20. The van der Waals surface area contributed by atoms with Gasteiger partial charge in [-0.2, -0.15) is 0 Å². The highest BCUT2D eigenvalue weighted by molar-refractivity contribution is 5.79. The Labute approximate surface area is 137 Å².